The van der Waals surface area contributed by atoms with Crippen LogP contribution in [0.2, 0.25) is 5.02 Å². The Bertz CT molecular complexity index is 1810. The first kappa shape index (κ1) is 29.3. The fourth-order valence-corrected chi connectivity index (χ4v) is 6.53. The summed E-state index contributed by atoms with van der Waals surface area (Å²) in [6, 6.07) is 8.57. The summed E-state index contributed by atoms with van der Waals surface area (Å²) < 4.78 is 40.3. The number of aromatic nitrogens is 5. The average molecular weight is 613 g/mol. The number of fused-ring (bicyclic) bond motifs is 2. The van der Waals surface area contributed by atoms with Crippen molar-refractivity contribution in [3.05, 3.63) is 65.6 Å². The molecule has 0 bridgehead atoms. The molecule has 1 aliphatic rings. The molecule has 15 heteroatoms. The van der Waals surface area contributed by atoms with Crippen LogP contribution in [0.15, 0.2) is 53.9 Å². The summed E-state index contributed by atoms with van der Waals surface area (Å²) in [5.74, 6) is 0.137. The normalized spacial score (nSPS) is 14.4. The Hall–Kier alpha value is -4.19. The van der Waals surface area contributed by atoms with E-state index >= 15 is 0 Å². The Morgan fingerprint density at radius 2 is 2.00 bits per heavy atom. The van der Waals surface area contributed by atoms with Crippen LogP contribution >= 0.6 is 11.6 Å². The van der Waals surface area contributed by atoms with Crippen LogP contribution in [0.5, 0.6) is 0 Å². The van der Waals surface area contributed by atoms with Crippen LogP contribution in [0.25, 0.3) is 10.9 Å². The first-order valence-corrected chi connectivity index (χ1v) is 15.0. The maximum absolute atomic E-state index is 13.8. The number of ether oxygens (including phenoxy) is 1. The maximum atomic E-state index is 13.8. The predicted octanol–water partition coefficient (Wildman–Crippen LogP) is 3.12. The van der Waals surface area contributed by atoms with Gasteiger partial charge in [-0.15, -0.1) is 10.2 Å². The van der Waals surface area contributed by atoms with Gasteiger partial charge < -0.3 is 18.8 Å². The Kier molecular flexibility index (Phi) is 7.84. The fraction of sp³-hybridized carbons (Fsp3) is 0.370. The van der Waals surface area contributed by atoms with Gasteiger partial charge in [0.05, 0.1) is 17.1 Å². The summed E-state index contributed by atoms with van der Waals surface area (Å²) in [5, 5.41) is 17.8. The number of benzene rings is 1. The van der Waals surface area contributed by atoms with Gasteiger partial charge in [-0.2, -0.15) is 9.98 Å². The minimum Gasteiger partial charge on any atom is -0.443 e. The Morgan fingerprint density at radius 1 is 1.21 bits per heavy atom. The van der Waals surface area contributed by atoms with Gasteiger partial charge in [-0.25, -0.2) is 13.2 Å². The summed E-state index contributed by atoms with van der Waals surface area (Å²) in [7, 11) is -4.38. The number of aryl methyl sites for hydroxylation is 1. The molecule has 1 unspecified atom stereocenters. The predicted molar refractivity (Wildman–Crippen MR) is 152 cm³/mol. The summed E-state index contributed by atoms with van der Waals surface area (Å²) in [6.45, 7) is 6.35. The van der Waals surface area contributed by atoms with Crippen molar-refractivity contribution >= 4 is 44.5 Å². The zero-order valence-corrected chi connectivity index (χ0v) is 24.8. The number of nitriles is 1. The lowest BCUT2D eigenvalue weighted by atomic mass is 10.1. The third-order valence-electron chi connectivity index (χ3n) is 6.77. The number of sulfonamides is 1. The highest BCUT2D eigenvalue weighted by Gasteiger charge is 2.33. The first-order chi connectivity index (χ1) is 19.9. The number of nitrogens with zero attached hydrogens (tertiary/aromatic N) is 7. The minimum atomic E-state index is -4.38. The van der Waals surface area contributed by atoms with E-state index in [2.05, 4.69) is 21.0 Å². The minimum absolute atomic E-state index is 0.0543. The molecule has 0 radical (unpaired) electrons. The molecule has 42 heavy (non-hydrogen) atoms. The molecule has 4 aromatic rings. The van der Waals surface area contributed by atoms with E-state index in [9.17, 15) is 23.3 Å². The Balaban J connectivity index is 1.46. The van der Waals surface area contributed by atoms with Gasteiger partial charge in [-0.3, -0.25) is 9.36 Å². The van der Waals surface area contributed by atoms with Gasteiger partial charge in [-0.05, 0) is 57.5 Å². The monoisotopic (exact) mass is 612 g/mol. The topological polar surface area (TPSA) is 157 Å². The molecule has 1 N–H and O–H groups in total. The van der Waals surface area contributed by atoms with E-state index in [4.69, 9.17) is 16.3 Å². The van der Waals surface area contributed by atoms with Crippen LogP contribution in [-0.2, 0) is 39.2 Å². The van der Waals surface area contributed by atoms with Crippen LogP contribution < -0.4 is 4.72 Å². The Morgan fingerprint density at radius 3 is 2.74 bits per heavy atom. The second kappa shape index (κ2) is 11.2. The van der Waals surface area contributed by atoms with Crippen LogP contribution in [0.1, 0.15) is 38.7 Å². The lowest BCUT2D eigenvalue weighted by Crippen LogP contribution is -2.50. The molecular formula is C27H29ClN8O5S. The Labute approximate surface area is 247 Å². The van der Waals surface area contributed by atoms with E-state index in [1.165, 1.54) is 27.8 Å². The number of amides is 1. The summed E-state index contributed by atoms with van der Waals surface area (Å²) in [6.07, 6.45) is 4.12. The van der Waals surface area contributed by atoms with Crippen molar-refractivity contribution in [1.29, 1.82) is 5.26 Å². The number of nitrogens with one attached hydrogen (secondary N) is 1. The standard InChI is InChI=1S/C27H29ClN8O5S/c1-27(2,3)41-26(38)36-10-6-18-13-20(28)23(14-22(18)36)42(39,40)32-21(7-9-33-8-4-5-19(33)15-29)25(37)34-11-12-35-17-30-31-24(35)16-34/h4-6,8,10,13-14,17,21,32H,7,9,11-12,16H2,1-3H3. The second-order valence-corrected chi connectivity index (χ2v) is 13.0. The van der Waals surface area contributed by atoms with Gasteiger partial charge in [0, 0.05) is 37.4 Å². The highest BCUT2D eigenvalue weighted by Crippen LogP contribution is 2.29. The third kappa shape index (κ3) is 6.03. The largest absolute Gasteiger partial charge is 0.443 e. The number of halogens is 1. The lowest BCUT2D eigenvalue weighted by molar-refractivity contribution is -0.134. The van der Waals surface area contributed by atoms with Gasteiger partial charge >= 0.3 is 6.09 Å². The van der Waals surface area contributed by atoms with Crippen molar-refractivity contribution in [3.63, 3.8) is 0 Å². The van der Waals surface area contributed by atoms with Gasteiger partial charge in [0.1, 0.15) is 34.6 Å². The summed E-state index contributed by atoms with van der Waals surface area (Å²) in [5.41, 5.74) is -0.110. The molecule has 3 aromatic heterocycles. The van der Waals surface area contributed by atoms with E-state index in [1.807, 2.05) is 4.57 Å². The maximum Gasteiger partial charge on any atom is 0.418 e. The first-order valence-electron chi connectivity index (χ1n) is 13.1. The highest BCUT2D eigenvalue weighted by atomic mass is 35.5. The summed E-state index contributed by atoms with van der Waals surface area (Å²) in [4.78, 5) is 27.8. The van der Waals surface area contributed by atoms with Gasteiger partial charge in [-0.1, -0.05) is 11.6 Å². The van der Waals surface area contributed by atoms with E-state index < -0.39 is 33.7 Å². The average Bonchev–Trinajstić information content (AvgIpc) is 3.67. The zero-order chi connectivity index (χ0) is 30.2. The van der Waals surface area contributed by atoms with Gasteiger partial charge in [0.15, 0.2) is 5.82 Å². The van der Waals surface area contributed by atoms with Crippen LogP contribution in [0, 0.1) is 11.3 Å². The van der Waals surface area contributed by atoms with Crippen molar-refractivity contribution in [2.24, 2.45) is 0 Å². The molecule has 1 aromatic carbocycles. The molecule has 1 atom stereocenters. The zero-order valence-electron chi connectivity index (χ0n) is 23.2. The summed E-state index contributed by atoms with van der Waals surface area (Å²) >= 11 is 6.44. The fourth-order valence-electron chi connectivity index (χ4n) is 4.75. The molecule has 220 valence electrons. The quantitative estimate of drug-likeness (QED) is 0.333. The molecular weight excluding hydrogens is 584 g/mol. The number of hydrogen-bond acceptors (Lipinski definition) is 8. The number of rotatable bonds is 7. The SMILES string of the molecule is CC(C)(C)OC(=O)n1ccc2cc(Cl)c(S(=O)(=O)NC(CCn3cccc3C#N)C(=O)N3CCn4cnnc4C3)cc21. The van der Waals surface area contributed by atoms with Crippen LogP contribution in [0.4, 0.5) is 4.79 Å². The highest BCUT2D eigenvalue weighted by molar-refractivity contribution is 7.89. The number of carbonyl (C=O) groups is 2. The molecule has 13 nitrogen and oxygen atoms in total. The molecule has 1 aliphatic heterocycles. The van der Waals surface area contributed by atoms with Crippen molar-refractivity contribution in [1.82, 2.24) is 33.5 Å². The molecule has 0 saturated carbocycles. The molecule has 5 rings (SSSR count). The molecule has 4 heterocycles. The molecule has 0 saturated heterocycles. The number of carbonyl (C=O) groups excluding carboxylic acids is 2. The smallest absolute Gasteiger partial charge is 0.418 e. The van der Waals surface area contributed by atoms with Crippen LogP contribution in [0.3, 0.4) is 0 Å². The van der Waals surface area contributed by atoms with Crippen LogP contribution in [-0.4, -0.2) is 67.4 Å². The van der Waals surface area contributed by atoms with Crippen molar-refractivity contribution in [2.75, 3.05) is 6.54 Å². The molecule has 0 fully saturated rings. The molecule has 1 amide bonds. The number of hydrogen-bond donors (Lipinski definition) is 1. The third-order valence-corrected chi connectivity index (χ3v) is 8.71. The van der Waals surface area contributed by atoms with Crippen molar-refractivity contribution in [3.8, 4) is 6.07 Å². The molecule has 0 aliphatic carbocycles. The van der Waals surface area contributed by atoms with Gasteiger partial charge in [0.2, 0.25) is 15.9 Å². The van der Waals surface area contributed by atoms with E-state index in [0.717, 1.165) is 0 Å². The van der Waals surface area contributed by atoms with E-state index in [-0.39, 0.29) is 34.9 Å². The van der Waals surface area contributed by atoms with Crippen molar-refractivity contribution in [2.45, 2.75) is 63.4 Å². The van der Waals surface area contributed by atoms with E-state index in [1.54, 1.807) is 56.1 Å². The molecule has 0 spiro atoms. The van der Waals surface area contributed by atoms with Crippen molar-refractivity contribution < 1.29 is 22.7 Å². The lowest BCUT2D eigenvalue weighted by Gasteiger charge is -2.31. The van der Waals surface area contributed by atoms with E-state index in [0.29, 0.717) is 30.0 Å². The second-order valence-electron chi connectivity index (χ2n) is 10.9. The van der Waals surface area contributed by atoms with Gasteiger partial charge in [0.25, 0.3) is 0 Å².